The molecular formula is C37H41Cl2N3O7S. The van der Waals surface area contributed by atoms with Crippen molar-refractivity contribution in [1.82, 2.24) is 10.2 Å². The standard InChI is InChI=1S/C37H41Cl2N3O7S/c1-6-25(2)40-37(44)32(20-26-12-8-7-9-13-26)41(23-27-14-10-11-15-30(27)39)36(43)24-42(31-21-28(38)16-18-33(31)47-3)50(45,46)29-17-19-34(48-4)35(22-29)49-5/h7-19,21-22,25,32H,6,20,23-24H2,1-5H3,(H,40,44)/t25-,32-/m1/s1. The third-order valence-electron chi connectivity index (χ3n) is 8.20. The van der Waals surface area contributed by atoms with E-state index in [9.17, 15) is 18.0 Å². The quantitative estimate of drug-likeness (QED) is 0.135. The smallest absolute Gasteiger partial charge is 0.265 e. The Morgan fingerprint density at radius 2 is 1.46 bits per heavy atom. The molecule has 0 aliphatic carbocycles. The minimum atomic E-state index is -4.51. The number of amides is 2. The molecule has 2 amide bonds. The lowest BCUT2D eigenvalue weighted by Crippen LogP contribution is -2.54. The van der Waals surface area contributed by atoms with Crippen LogP contribution in [-0.2, 0) is 32.6 Å². The zero-order chi connectivity index (χ0) is 36.4. The first-order valence-electron chi connectivity index (χ1n) is 15.9. The Morgan fingerprint density at radius 3 is 2.10 bits per heavy atom. The predicted molar refractivity (Wildman–Crippen MR) is 196 cm³/mol. The Labute approximate surface area is 303 Å². The Morgan fingerprint density at radius 1 is 0.820 bits per heavy atom. The molecule has 4 aromatic carbocycles. The van der Waals surface area contributed by atoms with E-state index in [1.807, 2.05) is 44.2 Å². The normalized spacial score (nSPS) is 12.4. The number of benzene rings is 4. The first-order chi connectivity index (χ1) is 23.9. The highest BCUT2D eigenvalue weighted by molar-refractivity contribution is 7.92. The van der Waals surface area contributed by atoms with E-state index in [0.29, 0.717) is 22.8 Å². The van der Waals surface area contributed by atoms with Gasteiger partial charge in [-0.2, -0.15) is 0 Å². The predicted octanol–water partition coefficient (Wildman–Crippen LogP) is 6.77. The summed E-state index contributed by atoms with van der Waals surface area (Å²) in [6.45, 7) is 3.01. The van der Waals surface area contributed by atoms with Crippen molar-refractivity contribution in [1.29, 1.82) is 0 Å². The molecule has 1 N–H and O–H groups in total. The van der Waals surface area contributed by atoms with Crippen LogP contribution in [0.25, 0.3) is 0 Å². The molecule has 0 saturated heterocycles. The van der Waals surface area contributed by atoms with Crippen molar-refractivity contribution in [3.63, 3.8) is 0 Å². The second-order valence-electron chi connectivity index (χ2n) is 11.5. The summed E-state index contributed by atoms with van der Waals surface area (Å²) >= 11 is 13.0. The van der Waals surface area contributed by atoms with Crippen LogP contribution in [0, 0.1) is 0 Å². The summed E-state index contributed by atoms with van der Waals surface area (Å²) in [4.78, 5) is 30.0. The molecule has 0 saturated carbocycles. The van der Waals surface area contributed by atoms with Gasteiger partial charge in [0.15, 0.2) is 11.5 Å². The molecule has 266 valence electrons. The van der Waals surface area contributed by atoms with Gasteiger partial charge < -0.3 is 24.4 Å². The summed E-state index contributed by atoms with van der Waals surface area (Å²) in [5.74, 6) is -0.423. The first kappa shape index (κ1) is 38.4. The van der Waals surface area contributed by atoms with E-state index in [1.54, 1.807) is 30.3 Å². The number of carbonyl (C=O) groups excluding carboxylic acids is 2. The van der Waals surface area contributed by atoms with Crippen LogP contribution in [0.5, 0.6) is 17.2 Å². The Hall–Kier alpha value is -4.45. The molecule has 0 radical (unpaired) electrons. The van der Waals surface area contributed by atoms with Gasteiger partial charge in [0.1, 0.15) is 18.3 Å². The summed E-state index contributed by atoms with van der Waals surface area (Å²) in [5.41, 5.74) is 1.40. The maximum absolute atomic E-state index is 14.8. The van der Waals surface area contributed by atoms with Crippen LogP contribution >= 0.6 is 23.2 Å². The number of hydrogen-bond acceptors (Lipinski definition) is 7. The molecule has 4 rings (SSSR count). The van der Waals surface area contributed by atoms with Crippen LogP contribution < -0.4 is 23.8 Å². The van der Waals surface area contributed by atoms with E-state index in [4.69, 9.17) is 37.4 Å². The van der Waals surface area contributed by atoms with Crippen LogP contribution in [0.2, 0.25) is 10.0 Å². The lowest BCUT2D eigenvalue weighted by atomic mass is 10.0. The Bertz CT molecular complexity index is 1890. The topological polar surface area (TPSA) is 114 Å². The van der Waals surface area contributed by atoms with Gasteiger partial charge in [0.2, 0.25) is 11.8 Å². The summed E-state index contributed by atoms with van der Waals surface area (Å²) in [5, 5.41) is 3.61. The van der Waals surface area contributed by atoms with Gasteiger partial charge in [0.25, 0.3) is 10.0 Å². The van der Waals surface area contributed by atoms with E-state index in [1.165, 1.54) is 56.6 Å². The fourth-order valence-corrected chi connectivity index (χ4v) is 7.08. The van der Waals surface area contributed by atoms with Gasteiger partial charge in [-0.25, -0.2) is 8.42 Å². The molecule has 0 bridgehead atoms. The number of carbonyl (C=O) groups is 2. The molecule has 0 aliphatic rings. The number of hydrogen-bond donors (Lipinski definition) is 1. The average Bonchev–Trinajstić information content (AvgIpc) is 3.12. The van der Waals surface area contributed by atoms with Gasteiger partial charge in [-0.3, -0.25) is 13.9 Å². The first-order valence-corrected chi connectivity index (χ1v) is 18.1. The minimum Gasteiger partial charge on any atom is -0.495 e. The number of sulfonamides is 1. The van der Waals surface area contributed by atoms with E-state index >= 15 is 0 Å². The number of ether oxygens (including phenoxy) is 3. The van der Waals surface area contributed by atoms with Crippen LogP contribution in [0.1, 0.15) is 31.4 Å². The second kappa shape index (κ2) is 17.5. The highest BCUT2D eigenvalue weighted by atomic mass is 35.5. The van der Waals surface area contributed by atoms with Crippen LogP contribution in [-0.4, -0.2) is 65.1 Å². The summed E-state index contributed by atoms with van der Waals surface area (Å²) < 4.78 is 46.4. The van der Waals surface area contributed by atoms with Crippen molar-refractivity contribution in [2.45, 2.75) is 50.2 Å². The van der Waals surface area contributed by atoms with Gasteiger partial charge in [0.05, 0.1) is 31.9 Å². The van der Waals surface area contributed by atoms with E-state index in [2.05, 4.69) is 5.32 Å². The van der Waals surface area contributed by atoms with Crippen LogP contribution in [0.15, 0.2) is 95.9 Å². The molecule has 0 fully saturated rings. The number of nitrogens with one attached hydrogen (secondary N) is 1. The summed E-state index contributed by atoms with van der Waals surface area (Å²) in [6.07, 6.45) is 0.816. The Balaban J connectivity index is 1.89. The van der Waals surface area contributed by atoms with Crippen LogP contribution in [0.4, 0.5) is 5.69 Å². The summed E-state index contributed by atoms with van der Waals surface area (Å²) in [7, 11) is -0.306. The number of halogens is 2. The molecule has 0 aromatic heterocycles. The zero-order valence-electron chi connectivity index (χ0n) is 28.6. The van der Waals surface area contributed by atoms with Crippen molar-refractivity contribution in [2.75, 3.05) is 32.2 Å². The van der Waals surface area contributed by atoms with Gasteiger partial charge in [-0.05, 0) is 60.9 Å². The van der Waals surface area contributed by atoms with E-state index in [-0.39, 0.29) is 46.1 Å². The number of nitrogens with zero attached hydrogens (tertiary/aromatic N) is 2. The highest BCUT2D eigenvalue weighted by Gasteiger charge is 2.36. The van der Waals surface area contributed by atoms with Crippen LogP contribution in [0.3, 0.4) is 0 Å². The summed E-state index contributed by atoms with van der Waals surface area (Å²) in [6, 6.07) is 23.6. The lowest BCUT2D eigenvalue weighted by Gasteiger charge is -2.34. The van der Waals surface area contributed by atoms with Crippen molar-refractivity contribution >= 4 is 50.7 Å². The molecule has 13 heteroatoms. The van der Waals surface area contributed by atoms with Gasteiger partial charge >= 0.3 is 0 Å². The molecule has 50 heavy (non-hydrogen) atoms. The number of anilines is 1. The monoisotopic (exact) mass is 741 g/mol. The van der Waals surface area contributed by atoms with Gasteiger partial charge in [0, 0.05) is 35.1 Å². The maximum Gasteiger partial charge on any atom is 0.265 e. The van der Waals surface area contributed by atoms with Crippen molar-refractivity contribution < 1.29 is 32.2 Å². The van der Waals surface area contributed by atoms with E-state index in [0.717, 1.165) is 9.87 Å². The number of methoxy groups -OCH3 is 3. The second-order valence-corrected chi connectivity index (χ2v) is 14.2. The molecule has 0 unspecified atom stereocenters. The molecule has 4 aromatic rings. The van der Waals surface area contributed by atoms with E-state index < -0.39 is 34.4 Å². The average molecular weight is 743 g/mol. The Kier molecular flexibility index (Phi) is 13.4. The fraction of sp³-hybridized carbons (Fsp3) is 0.297. The number of rotatable bonds is 16. The third kappa shape index (κ3) is 9.21. The fourth-order valence-electron chi connectivity index (χ4n) is 5.28. The van der Waals surface area contributed by atoms with Gasteiger partial charge in [-0.1, -0.05) is 78.7 Å². The van der Waals surface area contributed by atoms with Crippen molar-refractivity contribution in [2.24, 2.45) is 0 Å². The molecule has 2 atom stereocenters. The largest absolute Gasteiger partial charge is 0.495 e. The third-order valence-corrected chi connectivity index (χ3v) is 10.6. The molecular weight excluding hydrogens is 701 g/mol. The molecule has 10 nitrogen and oxygen atoms in total. The van der Waals surface area contributed by atoms with Gasteiger partial charge in [-0.15, -0.1) is 0 Å². The minimum absolute atomic E-state index is 0.0181. The lowest BCUT2D eigenvalue weighted by molar-refractivity contribution is -0.140. The van der Waals surface area contributed by atoms with Crippen molar-refractivity contribution in [3.8, 4) is 17.2 Å². The molecule has 0 spiro atoms. The highest BCUT2D eigenvalue weighted by Crippen LogP contribution is 2.37. The van der Waals surface area contributed by atoms with Crippen molar-refractivity contribution in [3.05, 3.63) is 112 Å². The molecule has 0 heterocycles. The maximum atomic E-state index is 14.8. The SMILES string of the molecule is CC[C@@H](C)NC(=O)[C@@H](Cc1ccccc1)N(Cc1ccccc1Cl)C(=O)CN(c1cc(Cl)ccc1OC)S(=O)(=O)c1ccc(OC)c(OC)c1. The zero-order valence-corrected chi connectivity index (χ0v) is 30.9. The molecule has 0 aliphatic heterocycles.